The second-order valence-electron chi connectivity index (χ2n) is 6.35. The van der Waals surface area contributed by atoms with Gasteiger partial charge in [-0.15, -0.1) is 11.3 Å². The number of fused-ring (bicyclic) bond motifs is 1. The molecule has 0 saturated carbocycles. The summed E-state index contributed by atoms with van der Waals surface area (Å²) in [5.41, 5.74) is 4.95. The molecule has 130 valence electrons. The number of nitro groups is 1. The van der Waals surface area contributed by atoms with Crippen molar-refractivity contribution < 1.29 is 9.72 Å². The molecule has 1 heterocycles. The lowest BCUT2D eigenvalue weighted by Gasteiger charge is -2.16. The summed E-state index contributed by atoms with van der Waals surface area (Å²) in [6.45, 7) is 3.94. The van der Waals surface area contributed by atoms with Crippen molar-refractivity contribution in [2.24, 2.45) is 11.0 Å². The monoisotopic (exact) mass is 357 g/mol. The molecule has 0 aliphatic heterocycles. The Morgan fingerprint density at radius 2 is 2.20 bits per heavy atom. The van der Waals surface area contributed by atoms with Gasteiger partial charge in [0.15, 0.2) is 0 Å². The lowest BCUT2D eigenvalue weighted by molar-refractivity contribution is -0.384. The van der Waals surface area contributed by atoms with Gasteiger partial charge in [-0.1, -0.05) is 19.1 Å². The Bertz CT molecular complexity index is 857. The molecule has 3 rings (SSSR count). The molecule has 0 radical (unpaired) electrons. The molecule has 1 aliphatic carbocycles. The molecule has 25 heavy (non-hydrogen) atoms. The minimum Gasteiger partial charge on any atom is -0.266 e. The number of non-ortho nitro benzene ring substituents is 1. The molecule has 1 amide bonds. The zero-order valence-corrected chi connectivity index (χ0v) is 14.9. The predicted octanol–water partition coefficient (Wildman–Crippen LogP) is 3.94. The van der Waals surface area contributed by atoms with E-state index in [1.54, 1.807) is 19.1 Å². The van der Waals surface area contributed by atoms with Crippen LogP contribution >= 0.6 is 11.3 Å². The maximum atomic E-state index is 12.3. The summed E-state index contributed by atoms with van der Waals surface area (Å²) in [7, 11) is 0. The first-order chi connectivity index (χ1) is 11.9. The van der Waals surface area contributed by atoms with Crippen LogP contribution in [0.25, 0.3) is 0 Å². The summed E-state index contributed by atoms with van der Waals surface area (Å²) in [4.78, 5) is 24.7. The van der Waals surface area contributed by atoms with Gasteiger partial charge in [0.25, 0.3) is 11.6 Å². The van der Waals surface area contributed by atoms with Crippen LogP contribution in [0.3, 0.4) is 0 Å². The molecule has 0 unspecified atom stereocenters. The van der Waals surface area contributed by atoms with Crippen LogP contribution in [0.5, 0.6) is 0 Å². The third-order valence-corrected chi connectivity index (χ3v) is 5.59. The number of aryl methyl sites for hydroxylation is 1. The Labute approximate surface area is 149 Å². The second-order valence-corrected chi connectivity index (χ2v) is 7.49. The van der Waals surface area contributed by atoms with Crippen molar-refractivity contribution in [2.75, 3.05) is 0 Å². The van der Waals surface area contributed by atoms with Crippen LogP contribution in [0.15, 0.2) is 35.4 Å². The summed E-state index contributed by atoms with van der Waals surface area (Å²) in [5.74, 6) is 0.420. The molecule has 7 heteroatoms. The van der Waals surface area contributed by atoms with E-state index in [2.05, 4.69) is 17.5 Å². The minimum absolute atomic E-state index is 0.00146. The number of carbonyl (C=O) groups is 1. The molecule has 0 fully saturated rings. The fourth-order valence-electron chi connectivity index (χ4n) is 2.92. The summed E-state index contributed by atoms with van der Waals surface area (Å²) in [6.07, 6.45) is 3.22. The molecular weight excluding hydrogens is 338 g/mol. The zero-order valence-electron chi connectivity index (χ0n) is 14.1. The van der Waals surface area contributed by atoms with Crippen LogP contribution < -0.4 is 5.43 Å². The number of hydrazone groups is 1. The number of nitrogens with one attached hydrogen (secondary N) is 1. The number of nitrogens with zero attached hydrogens (tertiary/aromatic N) is 2. The van der Waals surface area contributed by atoms with E-state index in [9.17, 15) is 14.9 Å². The number of nitro benzene ring substituents is 1. The van der Waals surface area contributed by atoms with Crippen LogP contribution in [0.2, 0.25) is 0 Å². The second kappa shape index (κ2) is 7.14. The van der Waals surface area contributed by atoms with Gasteiger partial charge in [-0.05, 0) is 43.7 Å². The van der Waals surface area contributed by atoms with E-state index in [0.29, 0.717) is 22.1 Å². The van der Waals surface area contributed by atoms with Gasteiger partial charge in [0.1, 0.15) is 0 Å². The highest BCUT2D eigenvalue weighted by molar-refractivity contribution is 7.14. The van der Waals surface area contributed by atoms with E-state index in [1.807, 2.05) is 6.07 Å². The van der Waals surface area contributed by atoms with Crippen molar-refractivity contribution in [1.82, 2.24) is 5.43 Å². The number of thiophene rings is 1. The van der Waals surface area contributed by atoms with Gasteiger partial charge in [-0.25, -0.2) is 5.43 Å². The maximum Gasteiger partial charge on any atom is 0.281 e. The summed E-state index contributed by atoms with van der Waals surface area (Å²) < 4.78 is 0. The average molecular weight is 357 g/mol. The quantitative estimate of drug-likeness (QED) is 0.511. The van der Waals surface area contributed by atoms with E-state index < -0.39 is 4.92 Å². The van der Waals surface area contributed by atoms with E-state index in [-0.39, 0.29) is 11.6 Å². The third kappa shape index (κ3) is 3.93. The van der Waals surface area contributed by atoms with E-state index >= 15 is 0 Å². The zero-order chi connectivity index (χ0) is 18.0. The Kier molecular flexibility index (Phi) is 4.94. The molecule has 2 aromatic rings. The highest BCUT2D eigenvalue weighted by Crippen LogP contribution is 2.32. The lowest BCUT2D eigenvalue weighted by Crippen LogP contribution is -2.18. The Morgan fingerprint density at radius 1 is 1.40 bits per heavy atom. The van der Waals surface area contributed by atoms with E-state index in [0.717, 1.165) is 12.8 Å². The number of hydrogen-bond acceptors (Lipinski definition) is 5. The predicted molar refractivity (Wildman–Crippen MR) is 98.3 cm³/mol. The third-order valence-electron chi connectivity index (χ3n) is 4.35. The highest BCUT2D eigenvalue weighted by atomic mass is 32.1. The Morgan fingerprint density at radius 3 is 2.96 bits per heavy atom. The van der Waals surface area contributed by atoms with Gasteiger partial charge in [0.2, 0.25) is 0 Å². The van der Waals surface area contributed by atoms with Gasteiger partial charge >= 0.3 is 0 Å². The molecule has 0 spiro atoms. The Hall–Kier alpha value is -2.54. The normalized spacial score (nSPS) is 17.0. The molecule has 1 aromatic carbocycles. The van der Waals surface area contributed by atoms with Crippen molar-refractivity contribution in [2.45, 2.75) is 33.1 Å². The van der Waals surface area contributed by atoms with Crippen LogP contribution in [-0.4, -0.2) is 16.5 Å². The van der Waals surface area contributed by atoms with Crippen LogP contribution in [-0.2, 0) is 12.8 Å². The van der Waals surface area contributed by atoms with Crippen LogP contribution in [0, 0.1) is 16.0 Å². The van der Waals surface area contributed by atoms with Crippen molar-refractivity contribution in [3.8, 4) is 0 Å². The molecule has 1 aromatic heterocycles. The SMILES string of the molecule is C/C(=N/NC(=O)c1cc2c(s1)CC[C@@H](C)C2)c1cccc([N+](=O)[O-])c1. The Balaban J connectivity index is 1.72. The van der Waals surface area contributed by atoms with Crippen LogP contribution in [0.4, 0.5) is 5.69 Å². The van der Waals surface area contributed by atoms with Crippen molar-refractivity contribution in [3.63, 3.8) is 0 Å². The standard InChI is InChI=1S/C18H19N3O3S/c1-11-6-7-16-14(8-11)10-17(25-16)18(22)20-19-12(2)13-4-3-5-15(9-13)21(23)24/h3-5,9-11H,6-8H2,1-2H3,(H,20,22)/b19-12-/t11-/m1/s1. The number of rotatable bonds is 4. The minimum atomic E-state index is -0.452. The average Bonchev–Trinajstić information content (AvgIpc) is 3.02. The van der Waals surface area contributed by atoms with Crippen molar-refractivity contribution >= 4 is 28.6 Å². The first-order valence-electron chi connectivity index (χ1n) is 8.15. The van der Waals surface area contributed by atoms with Gasteiger partial charge in [-0.2, -0.15) is 5.10 Å². The van der Waals surface area contributed by atoms with Gasteiger partial charge in [0, 0.05) is 22.6 Å². The van der Waals surface area contributed by atoms with Gasteiger partial charge in [-0.3, -0.25) is 14.9 Å². The molecular formula is C18H19N3O3S. The van der Waals surface area contributed by atoms with Crippen molar-refractivity contribution in [3.05, 3.63) is 61.3 Å². The molecule has 6 nitrogen and oxygen atoms in total. The van der Waals surface area contributed by atoms with Gasteiger partial charge < -0.3 is 0 Å². The summed E-state index contributed by atoms with van der Waals surface area (Å²) in [5, 5.41) is 14.9. The van der Waals surface area contributed by atoms with Crippen LogP contribution in [0.1, 0.15) is 45.9 Å². The topological polar surface area (TPSA) is 84.6 Å². The number of carbonyl (C=O) groups excluding carboxylic acids is 1. The fourth-order valence-corrected chi connectivity index (χ4v) is 4.01. The first kappa shape index (κ1) is 17.3. The summed E-state index contributed by atoms with van der Waals surface area (Å²) in [6, 6.07) is 8.15. The molecule has 1 N–H and O–H groups in total. The lowest BCUT2D eigenvalue weighted by atomic mass is 9.90. The van der Waals surface area contributed by atoms with Crippen molar-refractivity contribution in [1.29, 1.82) is 0 Å². The number of amides is 1. The summed E-state index contributed by atoms with van der Waals surface area (Å²) >= 11 is 1.53. The maximum absolute atomic E-state index is 12.3. The smallest absolute Gasteiger partial charge is 0.266 e. The largest absolute Gasteiger partial charge is 0.281 e. The highest BCUT2D eigenvalue weighted by Gasteiger charge is 2.20. The van der Waals surface area contributed by atoms with Gasteiger partial charge in [0.05, 0.1) is 15.5 Å². The van der Waals surface area contributed by atoms with E-state index in [1.165, 1.54) is 40.3 Å². The first-order valence-corrected chi connectivity index (χ1v) is 8.96. The molecule has 0 saturated heterocycles. The number of hydrogen-bond donors (Lipinski definition) is 1. The molecule has 0 bridgehead atoms. The fraction of sp³-hybridized carbons (Fsp3) is 0.333. The molecule has 1 aliphatic rings. The van der Waals surface area contributed by atoms with E-state index in [4.69, 9.17) is 0 Å². The number of benzene rings is 1. The molecule has 1 atom stereocenters.